The van der Waals surface area contributed by atoms with Crippen LogP contribution in [0, 0.1) is 0 Å². The van der Waals surface area contributed by atoms with Crippen LogP contribution in [0.1, 0.15) is 29.5 Å². The second kappa shape index (κ2) is 5.26. The lowest BCUT2D eigenvalue weighted by atomic mass is 10.2. The van der Waals surface area contributed by atoms with Crippen LogP contribution in [0.3, 0.4) is 0 Å². The summed E-state index contributed by atoms with van der Waals surface area (Å²) in [4.78, 5) is 11.0. The largest absolute Gasteiger partial charge is 0.478 e. The zero-order valence-corrected chi connectivity index (χ0v) is 11.3. The number of carboxylic acid groups (broad SMARTS) is 1. The summed E-state index contributed by atoms with van der Waals surface area (Å²) in [6, 6.07) is 4.86. The van der Waals surface area contributed by atoms with E-state index in [1.165, 1.54) is 6.07 Å². The molecule has 94 valence electrons. The molecule has 0 fully saturated rings. The molecule has 0 atom stereocenters. The van der Waals surface area contributed by atoms with Gasteiger partial charge in [-0.3, -0.25) is 0 Å². The van der Waals surface area contributed by atoms with E-state index in [1.807, 2.05) is 6.92 Å². The topological polar surface area (TPSA) is 80.9 Å². The second-order valence-electron chi connectivity index (χ2n) is 3.76. The molecule has 0 unspecified atom stereocenters. The van der Waals surface area contributed by atoms with E-state index in [-0.39, 0.29) is 5.56 Å². The van der Waals surface area contributed by atoms with E-state index in [9.17, 15) is 4.79 Å². The number of aromatic carboxylic acids is 1. The minimum Gasteiger partial charge on any atom is -0.478 e. The molecule has 0 bridgehead atoms. The molecule has 0 saturated carbocycles. The summed E-state index contributed by atoms with van der Waals surface area (Å²) in [5.41, 5.74) is 0.826. The van der Waals surface area contributed by atoms with E-state index in [0.29, 0.717) is 16.0 Å². The summed E-state index contributed by atoms with van der Waals surface area (Å²) in [6.07, 6.45) is 1.65. The van der Waals surface area contributed by atoms with E-state index < -0.39 is 5.97 Å². The first-order valence-electron chi connectivity index (χ1n) is 5.43. The Morgan fingerprint density at radius 1 is 1.44 bits per heavy atom. The third-order valence-corrected chi connectivity index (χ3v) is 2.84. The number of halogens is 1. The highest BCUT2D eigenvalue weighted by Gasteiger charge is 2.11. The van der Waals surface area contributed by atoms with E-state index >= 15 is 0 Å². The number of nitrogens with zero attached hydrogens (tertiary/aromatic N) is 4. The quantitative estimate of drug-likeness (QED) is 0.935. The van der Waals surface area contributed by atoms with Gasteiger partial charge in [0, 0.05) is 10.9 Å². The molecule has 7 heteroatoms. The number of hydrogen-bond acceptors (Lipinski definition) is 4. The number of benzene rings is 1. The van der Waals surface area contributed by atoms with Crippen LogP contribution in [-0.2, 0) is 6.42 Å². The summed E-state index contributed by atoms with van der Waals surface area (Å²) < 4.78 is 2.23. The number of aromatic nitrogens is 4. The van der Waals surface area contributed by atoms with Crippen molar-refractivity contribution in [2.45, 2.75) is 19.8 Å². The van der Waals surface area contributed by atoms with Crippen molar-refractivity contribution in [1.29, 1.82) is 0 Å². The Morgan fingerprint density at radius 2 is 2.22 bits per heavy atom. The Balaban J connectivity index is 2.49. The van der Waals surface area contributed by atoms with E-state index in [1.54, 1.807) is 16.8 Å². The van der Waals surface area contributed by atoms with Crippen molar-refractivity contribution >= 4 is 21.9 Å². The van der Waals surface area contributed by atoms with Crippen molar-refractivity contribution in [1.82, 2.24) is 20.2 Å². The molecule has 0 saturated heterocycles. The van der Waals surface area contributed by atoms with Crippen LogP contribution in [0.15, 0.2) is 22.7 Å². The average Bonchev–Trinajstić information content (AvgIpc) is 2.77. The zero-order valence-electron chi connectivity index (χ0n) is 9.67. The van der Waals surface area contributed by atoms with Crippen LogP contribution < -0.4 is 0 Å². The minimum absolute atomic E-state index is 0.192. The van der Waals surface area contributed by atoms with Gasteiger partial charge in [-0.05, 0) is 35.0 Å². The monoisotopic (exact) mass is 310 g/mol. The smallest absolute Gasteiger partial charge is 0.335 e. The van der Waals surface area contributed by atoms with Crippen molar-refractivity contribution in [2.75, 3.05) is 0 Å². The molecule has 18 heavy (non-hydrogen) atoms. The fourth-order valence-corrected chi connectivity index (χ4v) is 2.09. The fraction of sp³-hybridized carbons (Fsp3) is 0.273. The first-order valence-corrected chi connectivity index (χ1v) is 6.22. The number of carboxylic acids is 1. The van der Waals surface area contributed by atoms with Crippen LogP contribution in [0.25, 0.3) is 5.69 Å². The van der Waals surface area contributed by atoms with Gasteiger partial charge in [-0.25, -0.2) is 4.79 Å². The van der Waals surface area contributed by atoms with Crippen molar-refractivity contribution < 1.29 is 9.90 Å². The Bertz CT molecular complexity index is 582. The molecule has 0 spiro atoms. The van der Waals surface area contributed by atoms with Gasteiger partial charge in [0.05, 0.1) is 11.3 Å². The summed E-state index contributed by atoms with van der Waals surface area (Å²) in [5.74, 6) is -0.269. The number of carbonyl (C=O) groups is 1. The maximum atomic E-state index is 11.0. The summed E-state index contributed by atoms with van der Waals surface area (Å²) in [7, 11) is 0. The molecule has 2 rings (SSSR count). The van der Waals surface area contributed by atoms with Crippen LogP contribution in [0.2, 0.25) is 0 Å². The van der Waals surface area contributed by atoms with E-state index in [0.717, 1.165) is 12.8 Å². The highest BCUT2D eigenvalue weighted by atomic mass is 79.9. The first kappa shape index (κ1) is 12.7. The predicted octanol–water partition coefficient (Wildman–Crippen LogP) is 2.08. The first-order chi connectivity index (χ1) is 8.61. The lowest BCUT2D eigenvalue weighted by molar-refractivity contribution is 0.0696. The van der Waals surface area contributed by atoms with Crippen molar-refractivity contribution in [3.63, 3.8) is 0 Å². The number of rotatable bonds is 4. The highest BCUT2D eigenvalue weighted by molar-refractivity contribution is 9.10. The van der Waals surface area contributed by atoms with Gasteiger partial charge in [-0.1, -0.05) is 22.9 Å². The van der Waals surface area contributed by atoms with Crippen molar-refractivity contribution in [3.05, 3.63) is 34.1 Å². The SMILES string of the molecule is CCCc1nnnn1-c1cc(Br)cc(C(=O)O)c1. The molecule has 0 aliphatic heterocycles. The molecule has 1 aromatic carbocycles. The highest BCUT2D eigenvalue weighted by Crippen LogP contribution is 2.19. The second-order valence-corrected chi connectivity index (χ2v) is 4.68. The maximum absolute atomic E-state index is 11.0. The van der Waals surface area contributed by atoms with E-state index in [2.05, 4.69) is 31.5 Å². The van der Waals surface area contributed by atoms with Crippen LogP contribution in [0.5, 0.6) is 0 Å². The molecule has 2 aromatic rings. The number of hydrogen-bond donors (Lipinski definition) is 1. The molecule has 1 heterocycles. The van der Waals surface area contributed by atoms with Crippen LogP contribution in [-0.4, -0.2) is 31.3 Å². The molecular formula is C11H11BrN4O2. The maximum Gasteiger partial charge on any atom is 0.335 e. The molecule has 0 aliphatic rings. The van der Waals surface area contributed by atoms with Crippen molar-refractivity contribution in [2.24, 2.45) is 0 Å². The molecule has 6 nitrogen and oxygen atoms in total. The van der Waals surface area contributed by atoms with Crippen LogP contribution in [0.4, 0.5) is 0 Å². The van der Waals surface area contributed by atoms with Crippen LogP contribution >= 0.6 is 15.9 Å². The summed E-state index contributed by atoms with van der Waals surface area (Å²) >= 11 is 3.29. The molecular weight excluding hydrogens is 300 g/mol. The van der Waals surface area contributed by atoms with Gasteiger partial charge in [-0.2, -0.15) is 4.68 Å². The number of tetrazole rings is 1. The lowest BCUT2D eigenvalue weighted by Gasteiger charge is -2.05. The van der Waals surface area contributed by atoms with Gasteiger partial charge < -0.3 is 5.11 Å². The Kier molecular flexibility index (Phi) is 3.71. The van der Waals surface area contributed by atoms with Gasteiger partial charge in [-0.15, -0.1) is 5.10 Å². The lowest BCUT2D eigenvalue weighted by Crippen LogP contribution is -2.05. The Labute approximate surface area is 112 Å². The fourth-order valence-electron chi connectivity index (χ4n) is 1.61. The third-order valence-electron chi connectivity index (χ3n) is 2.38. The van der Waals surface area contributed by atoms with Gasteiger partial charge in [0.15, 0.2) is 5.82 Å². The van der Waals surface area contributed by atoms with Crippen molar-refractivity contribution in [3.8, 4) is 5.69 Å². The molecule has 1 N–H and O–H groups in total. The summed E-state index contributed by atoms with van der Waals surface area (Å²) in [5, 5.41) is 20.5. The zero-order chi connectivity index (χ0) is 13.1. The van der Waals surface area contributed by atoms with Gasteiger partial charge in [0.2, 0.25) is 0 Å². The molecule has 1 aromatic heterocycles. The van der Waals surface area contributed by atoms with Gasteiger partial charge in [0.1, 0.15) is 0 Å². The van der Waals surface area contributed by atoms with Gasteiger partial charge in [0.25, 0.3) is 0 Å². The molecule has 0 amide bonds. The van der Waals surface area contributed by atoms with E-state index in [4.69, 9.17) is 5.11 Å². The summed E-state index contributed by atoms with van der Waals surface area (Å²) in [6.45, 7) is 2.03. The Hall–Kier alpha value is -1.76. The third kappa shape index (κ3) is 2.56. The minimum atomic E-state index is -0.984. The number of aryl methyl sites for hydroxylation is 1. The van der Waals surface area contributed by atoms with Gasteiger partial charge >= 0.3 is 5.97 Å². The standard InChI is InChI=1S/C11H11BrN4O2/c1-2-3-10-13-14-15-16(10)9-5-7(11(17)18)4-8(12)6-9/h4-6H,2-3H2,1H3,(H,17,18). The average molecular weight is 311 g/mol. The Morgan fingerprint density at radius 3 is 2.89 bits per heavy atom. The molecule has 0 radical (unpaired) electrons. The normalized spacial score (nSPS) is 10.6. The predicted molar refractivity (Wildman–Crippen MR) is 67.8 cm³/mol. The molecule has 0 aliphatic carbocycles.